The molecule has 0 bridgehead atoms. The zero-order chi connectivity index (χ0) is 16.2. The summed E-state index contributed by atoms with van der Waals surface area (Å²) in [5.74, 6) is 0.645. The third-order valence-corrected chi connectivity index (χ3v) is 4.20. The van der Waals surface area contributed by atoms with Gasteiger partial charge in [0.15, 0.2) is 0 Å². The molecule has 128 valence electrons. The summed E-state index contributed by atoms with van der Waals surface area (Å²) in [5.41, 5.74) is 8.57. The molecule has 24 heavy (non-hydrogen) atoms. The average molecular weight is 347 g/mol. The molecule has 1 aliphatic carbocycles. The molecule has 0 aliphatic heterocycles. The summed E-state index contributed by atoms with van der Waals surface area (Å²) in [7, 11) is 0. The highest BCUT2D eigenvalue weighted by Gasteiger charge is 2.17. The number of rotatable bonds is 4. The van der Waals surface area contributed by atoms with Crippen LogP contribution in [0.25, 0.3) is 0 Å². The van der Waals surface area contributed by atoms with Crippen molar-refractivity contribution in [1.82, 2.24) is 0 Å². The van der Waals surface area contributed by atoms with Crippen molar-refractivity contribution in [3.63, 3.8) is 0 Å². The molecule has 1 aliphatic rings. The Morgan fingerprint density at radius 3 is 2.67 bits per heavy atom. The Labute approximate surface area is 148 Å². The van der Waals surface area contributed by atoms with E-state index in [0.717, 1.165) is 29.8 Å². The zero-order valence-corrected chi connectivity index (χ0v) is 14.6. The van der Waals surface area contributed by atoms with E-state index < -0.39 is 0 Å². The fraction of sp³-hybridized carbons (Fsp3) is 0.316. The van der Waals surface area contributed by atoms with E-state index in [1.807, 2.05) is 37.3 Å². The van der Waals surface area contributed by atoms with Crippen molar-refractivity contribution < 1.29 is 9.53 Å². The van der Waals surface area contributed by atoms with Crippen LogP contribution in [0.2, 0.25) is 0 Å². The standard InChI is InChI=1S/C19H22N2O2.ClH/c1-13-9-10-14(20)11-18(13)19(22)21-15-5-4-8-17(12-15)23-16-6-2-3-7-16;/h4-5,8-12,16H,2-3,6-7,20H2,1H3,(H,21,22);1H. The van der Waals surface area contributed by atoms with Crippen LogP contribution in [0, 0.1) is 6.92 Å². The Bertz CT molecular complexity index is 712. The number of ether oxygens (including phenoxy) is 1. The molecule has 0 spiro atoms. The summed E-state index contributed by atoms with van der Waals surface area (Å²) in [6.45, 7) is 1.90. The number of nitrogens with two attached hydrogens (primary N) is 1. The quantitative estimate of drug-likeness (QED) is 0.797. The second-order valence-corrected chi connectivity index (χ2v) is 6.08. The number of halogens is 1. The minimum Gasteiger partial charge on any atom is -0.490 e. The number of nitrogens with one attached hydrogen (secondary N) is 1. The second-order valence-electron chi connectivity index (χ2n) is 6.08. The fourth-order valence-corrected chi connectivity index (χ4v) is 2.93. The van der Waals surface area contributed by atoms with E-state index in [1.54, 1.807) is 12.1 Å². The summed E-state index contributed by atoms with van der Waals surface area (Å²) in [6.07, 6.45) is 4.99. The lowest BCUT2D eigenvalue weighted by Crippen LogP contribution is -2.14. The zero-order valence-electron chi connectivity index (χ0n) is 13.7. The van der Waals surface area contributed by atoms with Gasteiger partial charge in [-0.05, 0) is 62.4 Å². The number of hydrogen-bond donors (Lipinski definition) is 2. The molecule has 5 heteroatoms. The number of benzene rings is 2. The van der Waals surface area contributed by atoms with Crippen molar-refractivity contribution >= 4 is 29.7 Å². The Balaban J connectivity index is 0.00000208. The monoisotopic (exact) mass is 346 g/mol. The fourth-order valence-electron chi connectivity index (χ4n) is 2.93. The Morgan fingerprint density at radius 2 is 1.92 bits per heavy atom. The maximum absolute atomic E-state index is 12.4. The van der Waals surface area contributed by atoms with Gasteiger partial charge in [-0.2, -0.15) is 0 Å². The number of carbonyl (C=O) groups excluding carboxylic acids is 1. The molecular weight excluding hydrogens is 324 g/mol. The largest absolute Gasteiger partial charge is 0.490 e. The number of anilines is 2. The first-order valence-electron chi connectivity index (χ1n) is 8.06. The van der Waals surface area contributed by atoms with Gasteiger partial charge in [0, 0.05) is 23.0 Å². The predicted molar refractivity (Wildman–Crippen MR) is 100 cm³/mol. The highest BCUT2D eigenvalue weighted by molar-refractivity contribution is 6.05. The molecule has 2 aromatic rings. The molecule has 0 atom stereocenters. The van der Waals surface area contributed by atoms with Crippen molar-refractivity contribution in [2.24, 2.45) is 0 Å². The molecule has 0 radical (unpaired) electrons. The maximum atomic E-state index is 12.4. The summed E-state index contributed by atoms with van der Waals surface area (Å²) >= 11 is 0. The minimum atomic E-state index is -0.159. The lowest BCUT2D eigenvalue weighted by atomic mass is 10.1. The van der Waals surface area contributed by atoms with E-state index >= 15 is 0 Å². The summed E-state index contributed by atoms with van der Waals surface area (Å²) < 4.78 is 5.97. The molecule has 0 unspecified atom stereocenters. The molecular formula is C19H23ClN2O2. The van der Waals surface area contributed by atoms with Crippen LogP contribution in [0.5, 0.6) is 5.75 Å². The van der Waals surface area contributed by atoms with Gasteiger partial charge in [-0.15, -0.1) is 12.4 Å². The van der Waals surface area contributed by atoms with E-state index in [0.29, 0.717) is 17.4 Å². The number of amides is 1. The van der Waals surface area contributed by atoms with Crippen molar-refractivity contribution in [2.45, 2.75) is 38.7 Å². The van der Waals surface area contributed by atoms with Gasteiger partial charge in [-0.3, -0.25) is 4.79 Å². The van der Waals surface area contributed by atoms with Crippen LogP contribution < -0.4 is 15.8 Å². The van der Waals surface area contributed by atoms with Gasteiger partial charge in [0.1, 0.15) is 5.75 Å². The van der Waals surface area contributed by atoms with Gasteiger partial charge in [0.05, 0.1) is 6.10 Å². The van der Waals surface area contributed by atoms with Gasteiger partial charge < -0.3 is 15.8 Å². The van der Waals surface area contributed by atoms with E-state index in [4.69, 9.17) is 10.5 Å². The van der Waals surface area contributed by atoms with Crippen molar-refractivity contribution in [2.75, 3.05) is 11.1 Å². The Hall–Kier alpha value is -2.20. The first kappa shape index (κ1) is 18.1. The van der Waals surface area contributed by atoms with E-state index in [9.17, 15) is 4.79 Å². The van der Waals surface area contributed by atoms with Gasteiger partial charge in [-0.25, -0.2) is 0 Å². The smallest absolute Gasteiger partial charge is 0.256 e. The average Bonchev–Trinajstić information content (AvgIpc) is 3.03. The van der Waals surface area contributed by atoms with Crippen LogP contribution in [-0.2, 0) is 0 Å². The molecule has 0 heterocycles. The normalized spacial score (nSPS) is 14.0. The highest BCUT2D eigenvalue weighted by atomic mass is 35.5. The van der Waals surface area contributed by atoms with Gasteiger partial charge in [0.2, 0.25) is 0 Å². The minimum absolute atomic E-state index is 0. The van der Waals surface area contributed by atoms with E-state index in [-0.39, 0.29) is 18.3 Å². The number of nitrogen functional groups attached to an aromatic ring is 1. The Morgan fingerprint density at radius 1 is 1.17 bits per heavy atom. The van der Waals surface area contributed by atoms with Crippen LogP contribution in [0.15, 0.2) is 42.5 Å². The molecule has 0 aromatic heterocycles. The summed E-state index contributed by atoms with van der Waals surface area (Å²) in [5, 5.41) is 2.92. The lowest BCUT2D eigenvalue weighted by molar-refractivity contribution is 0.102. The van der Waals surface area contributed by atoms with E-state index in [1.165, 1.54) is 12.8 Å². The van der Waals surface area contributed by atoms with Crippen LogP contribution in [-0.4, -0.2) is 12.0 Å². The summed E-state index contributed by atoms with van der Waals surface area (Å²) in [4.78, 5) is 12.4. The van der Waals surface area contributed by atoms with Gasteiger partial charge in [-0.1, -0.05) is 12.1 Å². The first-order valence-corrected chi connectivity index (χ1v) is 8.06. The topological polar surface area (TPSA) is 64.4 Å². The van der Waals surface area contributed by atoms with Crippen LogP contribution in [0.4, 0.5) is 11.4 Å². The van der Waals surface area contributed by atoms with Gasteiger partial charge >= 0.3 is 0 Å². The number of carbonyl (C=O) groups is 1. The van der Waals surface area contributed by atoms with Crippen LogP contribution >= 0.6 is 12.4 Å². The van der Waals surface area contributed by atoms with Gasteiger partial charge in [0.25, 0.3) is 5.91 Å². The highest BCUT2D eigenvalue weighted by Crippen LogP contribution is 2.26. The third-order valence-electron chi connectivity index (χ3n) is 4.20. The molecule has 4 nitrogen and oxygen atoms in total. The van der Waals surface area contributed by atoms with E-state index in [2.05, 4.69) is 5.32 Å². The number of hydrogen-bond acceptors (Lipinski definition) is 3. The van der Waals surface area contributed by atoms with Crippen molar-refractivity contribution in [3.05, 3.63) is 53.6 Å². The predicted octanol–water partition coefficient (Wildman–Crippen LogP) is 4.57. The molecule has 0 saturated heterocycles. The SMILES string of the molecule is Cc1ccc(N)cc1C(=O)Nc1cccc(OC2CCCC2)c1.Cl. The third kappa shape index (κ3) is 4.42. The van der Waals surface area contributed by atoms with Crippen molar-refractivity contribution in [3.8, 4) is 5.75 Å². The van der Waals surface area contributed by atoms with Crippen molar-refractivity contribution in [1.29, 1.82) is 0 Å². The Kier molecular flexibility index (Phi) is 6.10. The van der Waals surface area contributed by atoms with Crippen LogP contribution in [0.1, 0.15) is 41.6 Å². The molecule has 3 rings (SSSR count). The molecule has 1 saturated carbocycles. The molecule has 3 N–H and O–H groups in total. The second kappa shape index (κ2) is 8.06. The summed E-state index contributed by atoms with van der Waals surface area (Å²) in [6, 6.07) is 12.9. The maximum Gasteiger partial charge on any atom is 0.256 e. The van der Waals surface area contributed by atoms with Crippen LogP contribution in [0.3, 0.4) is 0 Å². The lowest BCUT2D eigenvalue weighted by Gasteiger charge is -2.14. The first-order chi connectivity index (χ1) is 11.1. The molecule has 1 fully saturated rings. The molecule has 1 amide bonds. The molecule has 2 aromatic carbocycles. The number of aryl methyl sites for hydroxylation is 1.